The van der Waals surface area contributed by atoms with Gasteiger partial charge in [0.25, 0.3) is 0 Å². The number of benzene rings is 1. The molecule has 0 unspecified atom stereocenters. The van der Waals surface area contributed by atoms with Crippen LogP contribution in [-0.2, 0) is 0 Å². The number of pyridine rings is 1. The van der Waals surface area contributed by atoms with Crippen molar-refractivity contribution in [1.82, 2.24) is 4.98 Å². The fraction of sp³-hybridized carbons (Fsp3) is 0.308. The van der Waals surface area contributed by atoms with Gasteiger partial charge in [0, 0.05) is 23.5 Å². The Labute approximate surface area is 95.7 Å². The van der Waals surface area contributed by atoms with Crippen LogP contribution in [0.1, 0.15) is 12.8 Å². The molecule has 0 radical (unpaired) electrons. The van der Waals surface area contributed by atoms with Crippen LogP contribution >= 0.6 is 0 Å². The molecule has 84 valence electrons. The number of aromatic nitrogens is 1. The largest absolute Gasteiger partial charge is 0.383 e. The Bertz CT molecular complexity index is 448. The van der Waals surface area contributed by atoms with E-state index in [2.05, 4.69) is 22.4 Å². The predicted molar refractivity (Wildman–Crippen MR) is 68.5 cm³/mol. The van der Waals surface area contributed by atoms with Crippen molar-refractivity contribution in [3.8, 4) is 0 Å². The van der Waals surface area contributed by atoms with Crippen LogP contribution in [0.3, 0.4) is 0 Å². The maximum Gasteiger partial charge on any atom is 0.0606 e. The first-order valence-electron chi connectivity index (χ1n) is 5.68. The maximum atomic E-state index is 5.46. The smallest absolute Gasteiger partial charge is 0.0606 e. The van der Waals surface area contributed by atoms with Crippen LogP contribution in [0.5, 0.6) is 0 Å². The van der Waals surface area contributed by atoms with E-state index >= 15 is 0 Å². The van der Waals surface area contributed by atoms with Crippen molar-refractivity contribution in [2.75, 3.05) is 18.4 Å². The Kier molecular flexibility index (Phi) is 3.72. The second-order valence-corrected chi connectivity index (χ2v) is 3.83. The SMILES string of the molecule is NCCCCNc1cncc2ccccc12. The van der Waals surface area contributed by atoms with Crippen molar-refractivity contribution in [3.05, 3.63) is 36.7 Å². The van der Waals surface area contributed by atoms with Gasteiger partial charge in [0.2, 0.25) is 0 Å². The van der Waals surface area contributed by atoms with Crippen molar-refractivity contribution in [2.45, 2.75) is 12.8 Å². The second kappa shape index (κ2) is 5.47. The summed E-state index contributed by atoms with van der Waals surface area (Å²) in [6.45, 7) is 1.71. The lowest BCUT2D eigenvalue weighted by atomic mass is 10.1. The van der Waals surface area contributed by atoms with Crippen LogP contribution in [-0.4, -0.2) is 18.1 Å². The van der Waals surface area contributed by atoms with E-state index < -0.39 is 0 Å². The van der Waals surface area contributed by atoms with E-state index in [0.29, 0.717) is 0 Å². The fourth-order valence-electron chi connectivity index (χ4n) is 1.75. The number of anilines is 1. The highest BCUT2D eigenvalue weighted by Gasteiger charge is 1.99. The molecular formula is C13H17N3. The van der Waals surface area contributed by atoms with Gasteiger partial charge in [-0.1, -0.05) is 24.3 Å². The number of rotatable bonds is 5. The number of hydrogen-bond acceptors (Lipinski definition) is 3. The number of unbranched alkanes of at least 4 members (excludes halogenated alkanes) is 1. The average Bonchev–Trinajstić information content (AvgIpc) is 2.35. The Morgan fingerprint density at radius 3 is 2.88 bits per heavy atom. The monoisotopic (exact) mass is 215 g/mol. The minimum absolute atomic E-state index is 0.759. The summed E-state index contributed by atoms with van der Waals surface area (Å²) in [5, 5.41) is 5.80. The standard InChI is InChI=1S/C13H17N3/c14-7-3-4-8-16-13-10-15-9-11-5-1-2-6-12(11)13/h1-2,5-6,9-10,16H,3-4,7-8,14H2. The minimum Gasteiger partial charge on any atom is -0.383 e. The van der Waals surface area contributed by atoms with Crippen molar-refractivity contribution in [3.63, 3.8) is 0 Å². The van der Waals surface area contributed by atoms with E-state index in [0.717, 1.165) is 31.6 Å². The first kappa shape index (κ1) is 10.9. The van der Waals surface area contributed by atoms with Gasteiger partial charge < -0.3 is 11.1 Å². The van der Waals surface area contributed by atoms with Gasteiger partial charge in [0.05, 0.1) is 11.9 Å². The average molecular weight is 215 g/mol. The van der Waals surface area contributed by atoms with Gasteiger partial charge in [-0.3, -0.25) is 4.98 Å². The summed E-state index contributed by atoms with van der Waals surface area (Å²) in [6.07, 6.45) is 5.93. The van der Waals surface area contributed by atoms with Gasteiger partial charge >= 0.3 is 0 Å². The lowest BCUT2D eigenvalue weighted by Gasteiger charge is -2.08. The lowest BCUT2D eigenvalue weighted by molar-refractivity contribution is 0.774. The van der Waals surface area contributed by atoms with Crippen molar-refractivity contribution in [1.29, 1.82) is 0 Å². The predicted octanol–water partition coefficient (Wildman–Crippen LogP) is 2.39. The molecule has 0 aliphatic heterocycles. The molecule has 0 atom stereocenters. The Morgan fingerprint density at radius 2 is 2.00 bits per heavy atom. The molecule has 0 bridgehead atoms. The summed E-state index contributed by atoms with van der Waals surface area (Å²) in [5.74, 6) is 0. The second-order valence-electron chi connectivity index (χ2n) is 3.83. The summed E-state index contributed by atoms with van der Waals surface area (Å²) < 4.78 is 0. The molecule has 0 spiro atoms. The van der Waals surface area contributed by atoms with Crippen LogP contribution in [0.25, 0.3) is 10.8 Å². The molecule has 3 nitrogen and oxygen atoms in total. The first-order valence-corrected chi connectivity index (χ1v) is 5.68. The zero-order valence-electron chi connectivity index (χ0n) is 9.32. The molecule has 0 aliphatic rings. The van der Waals surface area contributed by atoms with Crippen LogP contribution in [0.4, 0.5) is 5.69 Å². The van der Waals surface area contributed by atoms with Crippen molar-refractivity contribution < 1.29 is 0 Å². The van der Waals surface area contributed by atoms with E-state index in [-0.39, 0.29) is 0 Å². The zero-order valence-corrected chi connectivity index (χ0v) is 9.32. The van der Waals surface area contributed by atoms with Crippen LogP contribution in [0.2, 0.25) is 0 Å². The molecule has 1 aromatic carbocycles. The topological polar surface area (TPSA) is 50.9 Å². The molecule has 0 amide bonds. The van der Waals surface area contributed by atoms with Gasteiger partial charge in [-0.2, -0.15) is 0 Å². The quantitative estimate of drug-likeness (QED) is 0.753. The normalized spacial score (nSPS) is 10.6. The maximum absolute atomic E-state index is 5.46. The minimum atomic E-state index is 0.759. The number of nitrogens with zero attached hydrogens (tertiary/aromatic N) is 1. The van der Waals surface area contributed by atoms with E-state index in [1.807, 2.05) is 24.5 Å². The molecule has 0 fully saturated rings. The highest BCUT2D eigenvalue weighted by atomic mass is 14.9. The molecule has 0 saturated heterocycles. The number of hydrogen-bond donors (Lipinski definition) is 2. The summed E-state index contributed by atoms with van der Waals surface area (Å²) >= 11 is 0. The first-order chi connectivity index (χ1) is 7.92. The molecule has 16 heavy (non-hydrogen) atoms. The van der Waals surface area contributed by atoms with Gasteiger partial charge in [-0.15, -0.1) is 0 Å². The molecule has 1 heterocycles. The highest BCUT2D eigenvalue weighted by molar-refractivity contribution is 5.92. The van der Waals surface area contributed by atoms with E-state index in [9.17, 15) is 0 Å². The van der Waals surface area contributed by atoms with Crippen LogP contribution in [0, 0.1) is 0 Å². The third-order valence-corrected chi connectivity index (χ3v) is 2.61. The Balaban J connectivity index is 2.11. The van der Waals surface area contributed by atoms with Gasteiger partial charge in [-0.25, -0.2) is 0 Å². The molecular weight excluding hydrogens is 198 g/mol. The van der Waals surface area contributed by atoms with Crippen LogP contribution < -0.4 is 11.1 Å². The third-order valence-electron chi connectivity index (χ3n) is 2.61. The van der Waals surface area contributed by atoms with E-state index in [1.165, 1.54) is 10.8 Å². The zero-order chi connectivity index (χ0) is 11.2. The number of nitrogens with two attached hydrogens (primary N) is 1. The van der Waals surface area contributed by atoms with Gasteiger partial charge in [-0.05, 0) is 19.4 Å². The van der Waals surface area contributed by atoms with Crippen LogP contribution in [0.15, 0.2) is 36.7 Å². The van der Waals surface area contributed by atoms with Gasteiger partial charge in [0.15, 0.2) is 0 Å². The molecule has 0 saturated carbocycles. The molecule has 3 heteroatoms. The molecule has 3 N–H and O–H groups in total. The number of fused-ring (bicyclic) bond motifs is 1. The molecule has 2 rings (SSSR count). The summed E-state index contributed by atoms with van der Waals surface area (Å²) in [5.41, 5.74) is 6.56. The lowest BCUT2D eigenvalue weighted by Crippen LogP contribution is -2.06. The summed E-state index contributed by atoms with van der Waals surface area (Å²) in [4.78, 5) is 4.22. The summed E-state index contributed by atoms with van der Waals surface area (Å²) in [7, 11) is 0. The van der Waals surface area contributed by atoms with E-state index in [1.54, 1.807) is 0 Å². The van der Waals surface area contributed by atoms with E-state index in [4.69, 9.17) is 5.73 Å². The van der Waals surface area contributed by atoms with Crippen molar-refractivity contribution in [2.24, 2.45) is 5.73 Å². The van der Waals surface area contributed by atoms with Gasteiger partial charge in [0.1, 0.15) is 0 Å². The Morgan fingerprint density at radius 1 is 1.12 bits per heavy atom. The summed E-state index contributed by atoms with van der Waals surface area (Å²) in [6, 6.07) is 8.27. The number of nitrogens with one attached hydrogen (secondary N) is 1. The Hall–Kier alpha value is -1.61. The molecule has 2 aromatic rings. The van der Waals surface area contributed by atoms with Crippen molar-refractivity contribution >= 4 is 16.5 Å². The fourth-order valence-corrected chi connectivity index (χ4v) is 1.75. The molecule has 1 aromatic heterocycles. The molecule has 0 aliphatic carbocycles. The highest BCUT2D eigenvalue weighted by Crippen LogP contribution is 2.21. The third kappa shape index (κ3) is 2.49.